The summed E-state index contributed by atoms with van der Waals surface area (Å²) in [5, 5.41) is 12.0. The molecule has 170 valence electrons. The van der Waals surface area contributed by atoms with Crippen LogP contribution < -0.4 is 4.57 Å². The van der Waals surface area contributed by atoms with Crippen LogP contribution in [-0.2, 0) is 6.54 Å². The minimum absolute atomic E-state index is 0.0920. The first-order valence-electron chi connectivity index (χ1n) is 11.6. The number of rotatable bonds is 6. The first kappa shape index (κ1) is 22.2. The van der Waals surface area contributed by atoms with E-state index in [-0.39, 0.29) is 10.6 Å². The molecule has 5 rings (SSSR count). The molecule has 0 unspecified atom stereocenters. The zero-order valence-corrected chi connectivity index (χ0v) is 19.5. The van der Waals surface area contributed by atoms with Gasteiger partial charge < -0.3 is 0 Å². The Hall–Kier alpha value is -4.57. The van der Waals surface area contributed by atoms with Crippen LogP contribution in [0.15, 0.2) is 121 Å². The summed E-state index contributed by atoms with van der Waals surface area (Å²) in [6.07, 6.45) is 0. The molecular formula is C31H25N2O2+. The molecule has 0 spiro atoms. The second-order valence-electron chi connectivity index (χ2n) is 8.59. The van der Waals surface area contributed by atoms with Gasteiger partial charge in [-0.15, -0.1) is 0 Å². The molecule has 0 bridgehead atoms. The number of aryl methyl sites for hydroxylation is 1. The molecule has 0 fully saturated rings. The lowest BCUT2D eigenvalue weighted by Crippen LogP contribution is -2.39. The highest BCUT2D eigenvalue weighted by atomic mass is 16.6. The number of nitrogens with zero attached hydrogens (tertiary/aromatic N) is 2. The molecule has 5 aromatic rings. The van der Waals surface area contributed by atoms with Crippen molar-refractivity contribution in [2.24, 2.45) is 0 Å². The zero-order chi connectivity index (χ0) is 24.2. The molecule has 1 heterocycles. The van der Waals surface area contributed by atoms with Crippen LogP contribution in [-0.4, -0.2) is 4.92 Å². The Morgan fingerprint density at radius 1 is 0.657 bits per heavy atom. The fourth-order valence-electron chi connectivity index (χ4n) is 4.39. The van der Waals surface area contributed by atoms with Crippen LogP contribution in [0.1, 0.15) is 11.1 Å². The number of hydrogen-bond donors (Lipinski definition) is 0. The molecule has 1 aromatic heterocycles. The third kappa shape index (κ3) is 4.73. The topological polar surface area (TPSA) is 47.0 Å². The van der Waals surface area contributed by atoms with Crippen molar-refractivity contribution in [1.29, 1.82) is 0 Å². The Morgan fingerprint density at radius 3 is 1.89 bits per heavy atom. The first-order valence-corrected chi connectivity index (χ1v) is 11.6. The highest BCUT2D eigenvalue weighted by Crippen LogP contribution is 2.33. The number of nitro benzene ring substituents is 1. The monoisotopic (exact) mass is 457 g/mol. The molecule has 0 saturated carbocycles. The highest BCUT2D eigenvalue weighted by molar-refractivity contribution is 5.77. The SMILES string of the molecule is Cc1ccc(C[n+]2c(-c3ccccc3)cc(-c3ccccc3)cc2-c2ccccc2[N+](=O)[O-])cc1. The molecule has 0 aliphatic heterocycles. The first-order chi connectivity index (χ1) is 17.1. The maximum atomic E-state index is 12.0. The van der Waals surface area contributed by atoms with E-state index >= 15 is 0 Å². The van der Waals surface area contributed by atoms with Crippen LogP contribution in [0.2, 0.25) is 0 Å². The molecule has 4 aromatic carbocycles. The van der Waals surface area contributed by atoms with Crippen molar-refractivity contribution < 1.29 is 9.49 Å². The van der Waals surface area contributed by atoms with Crippen molar-refractivity contribution in [3.63, 3.8) is 0 Å². The highest BCUT2D eigenvalue weighted by Gasteiger charge is 2.27. The number of pyridine rings is 1. The molecular weight excluding hydrogens is 432 g/mol. The van der Waals surface area contributed by atoms with E-state index < -0.39 is 0 Å². The molecule has 4 heteroatoms. The van der Waals surface area contributed by atoms with E-state index in [2.05, 4.69) is 72.2 Å². The largest absolute Gasteiger partial charge is 0.283 e. The van der Waals surface area contributed by atoms with Gasteiger partial charge in [-0.1, -0.05) is 90.5 Å². The third-order valence-electron chi connectivity index (χ3n) is 6.18. The van der Waals surface area contributed by atoms with Crippen molar-refractivity contribution in [3.05, 3.63) is 143 Å². The van der Waals surface area contributed by atoms with Crippen LogP contribution in [0, 0.1) is 17.0 Å². The van der Waals surface area contributed by atoms with Gasteiger partial charge in [-0.05, 0) is 36.2 Å². The number of nitro groups is 1. The maximum absolute atomic E-state index is 12.0. The lowest BCUT2D eigenvalue weighted by Gasteiger charge is -2.13. The Morgan fingerprint density at radius 2 is 1.23 bits per heavy atom. The van der Waals surface area contributed by atoms with Gasteiger partial charge in [0.15, 0.2) is 6.54 Å². The molecule has 4 nitrogen and oxygen atoms in total. The predicted molar refractivity (Wildman–Crippen MR) is 140 cm³/mol. The van der Waals surface area contributed by atoms with Gasteiger partial charge in [0.1, 0.15) is 5.56 Å². The summed E-state index contributed by atoms with van der Waals surface area (Å²) in [4.78, 5) is 11.7. The molecule has 35 heavy (non-hydrogen) atoms. The third-order valence-corrected chi connectivity index (χ3v) is 6.18. The van der Waals surface area contributed by atoms with Crippen molar-refractivity contribution >= 4 is 5.69 Å². The second-order valence-corrected chi connectivity index (χ2v) is 8.59. The molecule has 0 N–H and O–H groups in total. The second kappa shape index (κ2) is 9.74. The van der Waals surface area contributed by atoms with E-state index in [1.165, 1.54) is 5.56 Å². The molecule has 0 saturated heterocycles. The lowest BCUT2D eigenvalue weighted by molar-refractivity contribution is -0.666. The van der Waals surface area contributed by atoms with E-state index in [0.717, 1.165) is 33.6 Å². The Bertz CT molecular complexity index is 1480. The van der Waals surface area contributed by atoms with Crippen LogP contribution >= 0.6 is 0 Å². The van der Waals surface area contributed by atoms with E-state index in [1.54, 1.807) is 12.1 Å². The van der Waals surface area contributed by atoms with Crippen molar-refractivity contribution in [2.75, 3.05) is 0 Å². The maximum Gasteiger partial charge on any atom is 0.283 e. The van der Waals surface area contributed by atoms with Gasteiger partial charge in [-0.3, -0.25) is 10.1 Å². The van der Waals surface area contributed by atoms with Crippen molar-refractivity contribution in [2.45, 2.75) is 13.5 Å². The van der Waals surface area contributed by atoms with Crippen molar-refractivity contribution in [1.82, 2.24) is 0 Å². The minimum atomic E-state index is -0.303. The smallest absolute Gasteiger partial charge is 0.258 e. The number of benzene rings is 4. The Balaban J connectivity index is 1.83. The molecule has 0 atom stereocenters. The fourth-order valence-corrected chi connectivity index (χ4v) is 4.39. The van der Waals surface area contributed by atoms with Gasteiger partial charge in [0.25, 0.3) is 5.69 Å². The van der Waals surface area contributed by atoms with Gasteiger partial charge in [0.05, 0.1) is 4.92 Å². The van der Waals surface area contributed by atoms with Crippen LogP contribution in [0.5, 0.6) is 0 Å². The van der Waals surface area contributed by atoms with Crippen LogP contribution in [0.4, 0.5) is 5.69 Å². The predicted octanol–water partition coefficient (Wildman–Crippen LogP) is 7.24. The summed E-state index contributed by atoms with van der Waals surface area (Å²) >= 11 is 0. The van der Waals surface area contributed by atoms with Crippen molar-refractivity contribution in [3.8, 4) is 33.6 Å². The number of para-hydroxylation sites is 1. The van der Waals surface area contributed by atoms with E-state index in [0.29, 0.717) is 12.1 Å². The minimum Gasteiger partial charge on any atom is -0.258 e. The molecule has 0 aliphatic carbocycles. The van der Waals surface area contributed by atoms with Gasteiger partial charge in [-0.25, -0.2) is 0 Å². The Kier molecular flexibility index (Phi) is 6.18. The summed E-state index contributed by atoms with van der Waals surface area (Å²) < 4.78 is 2.19. The van der Waals surface area contributed by atoms with Gasteiger partial charge in [0, 0.05) is 29.3 Å². The average molecular weight is 458 g/mol. The summed E-state index contributed by atoms with van der Waals surface area (Å²) in [7, 11) is 0. The van der Waals surface area contributed by atoms with Gasteiger partial charge in [0.2, 0.25) is 11.4 Å². The zero-order valence-electron chi connectivity index (χ0n) is 19.5. The van der Waals surface area contributed by atoms with Gasteiger partial charge >= 0.3 is 0 Å². The van der Waals surface area contributed by atoms with Gasteiger partial charge in [-0.2, -0.15) is 4.57 Å². The van der Waals surface area contributed by atoms with E-state index in [9.17, 15) is 10.1 Å². The molecule has 0 aliphatic rings. The van der Waals surface area contributed by atoms with Crippen LogP contribution in [0.25, 0.3) is 33.6 Å². The number of aromatic nitrogens is 1. The standard InChI is InChI=1S/C31H25N2O2/c1-23-16-18-24(19-17-23)22-32-30(26-12-6-3-7-13-26)20-27(25-10-4-2-5-11-25)21-31(32)28-14-8-9-15-29(28)33(34)35/h2-21H,22H2,1H3/q+1. The van der Waals surface area contributed by atoms with E-state index in [4.69, 9.17) is 0 Å². The number of hydrogen-bond acceptors (Lipinski definition) is 2. The molecule has 0 amide bonds. The molecule has 0 radical (unpaired) electrons. The summed E-state index contributed by atoms with van der Waals surface area (Å²) in [6.45, 7) is 2.65. The van der Waals surface area contributed by atoms with Crippen LogP contribution in [0.3, 0.4) is 0 Å². The normalized spacial score (nSPS) is 10.8. The quantitative estimate of drug-likeness (QED) is 0.153. The summed E-state index contributed by atoms with van der Waals surface area (Å²) in [5.74, 6) is 0. The lowest BCUT2D eigenvalue weighted by atomic mass is 9.98. The summed E-state index contributed by atoms with van der Waals surface area (Å²) in [5.41, 5.74) is 7.94. The average Bonchev–Trinajstić information content (AvgIpc) is 2.91. The summed E-state index contributed by atoms with van der Waals surface area (Å²) in [6, 6.07) is 40.0. The van der Waals surface area contributed by atoms with E-state index in [1.807, 2.05) is 48.5 Å². The Labute approximate surface area is 204 Å². The fraction of sp³-hybridized carbons (Fsp3) is 0.0645.